The van der Waals surface area contributed by atoms with Gasteiger partial charge >= 0.3 is 0 Å². The topological polar surface area (TPSA) is 42.2 Å². The zero-order valence-electron chi connectivity index (χ0n) is 12.8. The molecule has 1 heterocycles. The van der Waals surface area contributed by atoms with Gasteiger partial charge in [-0.25, -0.2) is 0 Å². The molecule has 0 unspecified atom stereocenters. The zero-order chi connectivity index (χ0) is 15.5. The molecule has 0 spiro atoms. The van der Waals surface area contributed by atoms with Gasteiger partial charge in [-0.2, -0.15) is 0 Å². The lowest BCUT2D eigenvalue weighted by molar-refractivity contribution is 0.0954. The van der Waals surface area contributed by atoms with E-state index in [9.17, 15) is 4.79 Å². The molecule has 0 bridgehead atoms. The van der Waals surface area contributed by atoms with Crippen LogP contribution in [-0.2, 0) is 6.42 Å². The Kier molecular flexibility index (Phi) is 3.96. The van der Waals surface area contributed by atoms with E-state index in [1.54, 1.807) is 6.26 Å². The van der Waals surface area contributed by atoms with Gasteiger partial charge in [0, 0.05) is 17.5 Å². The van der Waals surface area contributed by atoms with Crippen LogP contribution in [0.4, 0.5) is 0 Å². The minimum atomic E-state index is -0.0316. The molecule has 0 saturated heterocycles. The van der Waals surface area contributed by atoms with Gasteiger partial charge in [-0.15, -0.1) is 0 Å². The maximum absolute atomic E-state index is 12.2. The van der Waals surface area contributed by atoms with Crippen molar-refractivity contribution in [3.05, 3.63) is 71.0 Å². The number of furan rings is 1. The number of carbonyl (C=O) groups excluding carboxylic acids is 1. The smallest absolute Gasteiger partial charge is 0.251 e. The highest BCUT2D eigenvalue weighted by molar-refractivity contribution is 5.94. The van der Waals surface area contributed by atoms with E-state index >= 15 is 0 Å². The summed E-state index contributed by atoms with van der Waals surface area (Å²) in [5, 5.41) is 4.08. The first kappa shape index (κ1) is 14.4. The molecule has 0 radical (unpaired) electrons. The maximum Gasteiger partial charge on any atom is 0.251 e. The number of benzene rings is 2. The molecule has 112 valence electrons. The summed E-state index contributed by atoms with van der Waals surface area (Å²) in [4.78, 5) is 12.2. The number of amides is 1. The molecule has 1 aromatic heterocycles. The lowest BCUT2D eigenvalue weighted by Crippen LogP contribution is -2.25. The molecule has 3 rings (SSSR count). The van der Waals surface area contributed by atoms with Crippen molar-refractivity contribution in [1.29, 1.82) is 0 Å². The monoisotopic (exact) mass is 293 g/mol. The third-order valence-electron chi connectivity index (χ3n) is 4.01. The predicted molar refractivity (Wildman–Crippen MR) is 88.2 cm³/mol. The van der Waals surface area contributed by atoms with Gasteiger partial charge in [0.1, 0.15) is 5.58 Å². The van der Waals surface area contributed by atoms with E-state index < -0.39 is 0 Å². The average molecular weight is 293 g/mol. The van der Waals surface area contributed by atoms with E-state index in [1.165, 1.54) is 5.56 Å². The van der Waals surface area contributed by atoms with Gasteiger partial charge < -0.3 is 9.73 Å². The molecule has 1 N–H and O–H groups in total. The van der Waals surface area contributed by atoms with Gasteiger partial charge in [0.05, 0.1) is 6.26 Å². The second-order valence-corrected chi connectivity index (χ2v) is 5.56. The summed E-state index contributed by atoms with van der Waals surface area (Å²) in [5.74, 6) is -0.0316. The number of aryl methyl sites for hydroxylation is 2. The maximum atomic E-state index is 12.2. The number of fused-ring (bicyclic) bond motifs is 1. The van der Waals surface area contributed by atoms with E-state index in [0.717, 1.165) is 28.5 Å². The number of rotatable bonds is 4. The van der Waals surface area contributed by atoms with Gasteiger partial charge in [-0.3, -0.25) is 4.79 Å². The molecule has 0 saturated carbocycles. The van der Waals surface area contributed by atoms with Crippen molar-refractivity contribution < 1.29 is 9.21 Å². The quantitative estimate of drug-likeness (QED) is 0.789. The third kappa shape index (κ3) is 2.89. The second kappa shape index (κ2) is 6.06. The van der Waals surface area contributed by atoms with Crippen LogP contribution in [0.5, 0.6) is 0 Å². The van der Waals surface area contributed by atoms with Crippen LogP contribution in [0.2, 0.25) is 0 Å². The van der Waals surface area contributed by atoms with Gasteiger partial charge in [0.2, 0.25) is 0 Å². The van der Waals surface area contributed by atoms with Crippen LogP contribution in [-0.4, -0.2) is 12.5 Å². The highest BCUT2D eigenvalue weighted by Gasteiger charge is 2.08. The van der Waals surface area contributed by atoms with Crippen LogP contribution >= 0.6 is 0 Å². The van der Waals surface area contributed by atoms with E-state index in [1.807, 2.05) is 56.3 Å². The molecule has 3 aromatic rings. The Morgan fingerprint density at radius 2 is 1.91 bits per heavy atom. The van der Waals surface area contributed by atoms with E-state index in [2.05, 4.69) is 5.32 Å². The van der Waals surface area contributed by atoms with Crippen LogP contribution in [0.15, 0.2) is 53.1 Å². The van der Waals surface area contributed by atoms with Crippen molar-refractivity contribution in [1.82, 2.24) is 5.32 Å². The number of carbonyl (C=O) groups is 1. The second-order valence-electron chi connectivity index (χ2n) is 5.56. The number of para-hydroxylation sites is 1. The first-order valence-electron chi connectivity index (χ1n) is 7.46. The van der Waals surface area contributed by atoms with E-state index in [4.69, 9.17) is 4.42 Å². The van der Waals surface area contributed by atoms with Crippen molar-refractivity contribution in [2.24, 2.45) is 0 Å². The molecular weight excluding hydrogens is 274 g/mol. The lowest BCUT2D eigenvalue weighted by Gasteiger charge is -2.07. The fourth-order valence-electron chi connectivity index (χ4n) is 2.52. The van der Waals surface area contributed by atoms with Crippen LogP contribution in [0.3, 0.4) is 0 Å². The molecule has 1 amide bonds. The molecule has 0 aliphatic rings. The Hall–Kier alpha value is -2.55. The van der Waals surface area contributed by atoms with Gasteiger partial charge in [0.15, 0.2) is 0 Å². The van der Waals surface area contributed by atoms with Crippen LogP contribution < -0.4 is 5.32 Å². The standard InChI is InChI=1S/C19H19NO2/c1-13-7-8-15(11-14(13)2)19(21)20-10-9-16-12-22-18-6-4-3-5-17(16)18/h3-8,11-12H,9-10H2,1-2H3,(H,20,21). The molecule has 0 aliphatic heterocycles. The van der Waals surface area contributed by atoms with Crippen molar-refractivity contribution in [3.63, 3.8) is 0 Å². The number of hydrogen-bond donors (Lipinski definition) is 1. The summed E-state index contributed by atoms with van der Waals surface area (Å²) in [6.45, 7) is 4.65. The lowest BCUT2D eigenvalue weighted by atomic mass is 10.1. The Morgan fingerprint density at radius 3 is 2.73 bits per heavy atom. The first-order chi connectivity index (χ1) is 10.6. The Labute approximate surface area is 130 Å². The first-order valence-corrected chi connectivity index (χ1v) is 7.46. The summed E-state index contributed by atoms with van der Waals surface area (Å²) in [7, 11) is 0. The van der Waals surface area contributed by atoms with Gasteiger partial charge in [0.25, 0.3) is 5.91 Å². The highest BCUT2D eigenvalue weighted by atomic mass is 16.3. The minimum absolute atomic E-state index is 0.0316. The fourth-order valence-corrected chi connectivity index (χ4v) is 2.52. The average Bonchev–Trinajstić information content (AvgIpc) is 2.93. The molecule has 22 heavy (non-hydrogen) atoms. The van der Waals surface area contributed by atoms with Crippen LogP contribution in [0.1, 0.15) is 27.0 Å². The Morgan fingerprint density at radius 1 is 1.09 bits per heavy atom. The van der Waals surface area contributed by atoms with E-state index in [-0.39, 0.29) is 5.91 Å². The molecule has 0 aliphatic carbocycles. The van der Waals surface area contributed by atoms with Gasteiger partial charge in [-0.1, -0.05) is 24.3 Å². The van der Waals surface area contributed by atoms with Gasteiger partial charge in [-0.05, 0) is 55.2 Å². The van der Waals surface area contributed by atoms with Crippen molar-refractivity contribution in [2.45, 2.75) is 20.3 Å². The zero-order valence-corrected chi connectivity index (χ0v) is 12.8. The third-order valence-corrected chi connectivity index (χ3v) is 4.01. The van der Waals surface area contributed by atoms with Crippen LogP contribution in [0.25, 0.3) is 11.0 Å². The highest BCUT2D eigenvalue weighted by Crippen LogP contribution is 2.20. The number of nitrogens with one attached hydrogen (secondary N) is 1. The number of hydrogen-bond acceptors (Lipinski definition) is 2. The summed E-state index contributed by atoms with van der Waals surface area (Å²) >= 11 is 0. The van der Waals surface area contributed by atoms with Crippen molar-refractivity contribution in [3.8, 4) is 0 Å². The predicted octanol–water partition coefficient (Wildman–Crippen LogP) is 4.02. The fraction of sp³-hybridized carbons (Fsp3) is 0.211. The molecule has 0 fully saturated rings. The van der Waals surface area contributed by atoms with E-state index in [0.29, 0.717) is 12.1 Å². The summed E-state index contributed by atoms with van der Waals surface area (Å²) in [5.41, 5.74) is 5.05. The molecule has 3 nitrogen and oxygen atoms in total. The minimum Gasteiger partial charge on any atom is -0.464 e. The molecule has 0 atom stereocenters. The SMILES string of the molecule is Cc1ccc(C(=O)NCCc2coc3ccccc23)cc1C. The van der Waals surface area contributed by atoms with Crippen molar-refractivity contribution in [2.75, 3.05) is 6.54 Å². The van der Waals surface area contributed by atoms with Crippen LogP contribution in [0, 0.1) is 13.8 Å². The Bertz CT molecular complexity index is 817. The normalized spacial score (nSPS) is 10.8. The molecule has 3 heteroatoms. The largest absolute Gasteiger partial charge is 0.464 e. The Balaban J connectivity index is 1.63. The summed E-state index contributed by atoms with van der Waals surface area (Å²) in [6, 6.07) is 13.7. The molecular formula is C19H19NO2. The summed E-state index contributed by atoms with van der Waals surface area (Å²) < 4.78 is 5.51. The summed E-state index contributed by atoms with van der Waals surface area (Å²) in [6.07, 6.45) is 2.53. The van der Waals surface area contributed by atoms with Crippen molar-refractivity contribution >= 4 is 16.9 Å². The molecule has 2 aromatic carbocycles.